The monoisotopic (exact) mass is 233 g/mol. The molecule has 17 heavy (non-hydrogen) atoms. The first-order valence-electron chi connectivity index (χ1n) is 5.48. The van der Waals surface area contributed by atoms with Gasteiger partial charge in [-0.1, -0.05) is 12.1 Å². The number of anilines is 1. The number of aryl methyl sites for hydroxylation is 1. The first-order valence-corrected chi connectivity index (χ1v) is 5.48. The van der Waals surface area contributed by atoms with Gasteiger partial charge in [-0.15, -0.1) is 0 Å². The Morgan fingerprint density at radius 2 is 2.12 bits per heavy atom. The fraction of sp³-hybridized carbons (Fsp3) is 0.250. The smallest absolute Gasteiger partial charge is 0.162 e. The summed E-state index contributed by atoms with van der Waals surface area (Å²) in [6.07, 6.45) is 1.88. The lowest BCUT2D eigenvalue weighted by Crippen LogP contribution is -2.02. The standard InChI is InChI=1S/C12H15N3O2/c1-2-15-7-6-11(14-15)13-8-9-4-3-5-10(16)12(9)17/h3-7,16-17H,2,8H2,1H3,(H,13,14). The molecule has 0 unspecified atom stereocenters. The van der Waals surface area contributed by atoms with Gasteiger partial charge < -0.3 is 15.5 Å². The minimum absolute atomic E-state index is 0.0880. The molecular formula is C12H15N3O2. The average Bonchev–Trinajstić information content (AvgIpc) is 2.79. The minimum Gasteiger partial charge on any atom is -0.504 e. The molecule has 1 aromatic carbocycles. The first-order chi connectivity index (χ1) is 8.20. The zero-order valence-corrected chi connectivity index (χ0v) is 9.59. The van der Waals surface area contributed by atoms with E-state index in [9.17, 15) is 10.2 Å². The zero-order chi connectivity index (χ0) is 12.3. The van der Waals surface area contributed by atoms with E-state index in [0.717, 1.165) is 12.4 Å². The van der Waals surface area contributed by atoms with Crippen molar-refractivity contribution >= 4 is 5.82 Å². The number of nitrogens with one attached hydrogen (secondary N) is 1. The van der Waals surface area contributed by atoms with E-state index in [0.29, 0.717) is 12.1 Å². The van der Waals surface area contributed by atoms with Crippen molar-refractivity contribution in [2.24, 2.45) is 0 Å². The van der Waals surface area contributed by atoms with Crippen LogP contribution in [0.2, 0.25) is 0 Å². The SMILES string of the molecule is CCn1ccc(NCc2cccc(O)c2O)n1. The molecule has 0 saturated heterocycles. The van der Waals surface area contributed by atoms with Gasteiger partial charge in [0, 0.05) is 30.9 Å². The van der Waals surface area contributed by atoms with Crippen molar-refractivity contribution < 1.29 is 10.2 Å². The fourth-order valence-electron chi connectivity index (χ4n) is 1.54. The molecule has 0 saturated carbocycles. The van der Waals surface area contributed by atoms with Crippen LogP contribution in [0.3, 0.4) is 0 Å². The first kappa shape index (κ1) is 11.3. The summed E-state index contributed by atoms with van der Waals surface area (Å²) in [7, 11) is 0. The molecule has 0 aliphatic rings. The van der Waals surface area contributed by atoms with Gasteiger partial charge in [0.2, 0.25) is 0 Å². The Hall–Kier alpha value is -2.17. The summed E-state index contributed by atoms with van der Waals surface area (Å²) in [6, 6.07) is 6.75. The Balaban J connectivity index is 2.04. The molecule has 5 nitrogen and oxygen atoms in total. The number of phenolic OH excluding ortho intramolecular Hbond substituents is 2. The van der Waals surface area contributed by atoms with Crippen LogP contribution in [0.4, 0.5) is 5.82 Å². The third-order valence-electron chi connectivity index (χ3n) is 2.52. The Morgan fingerprint density at radius 1 is 1.29 bits per heavy atom. The zero-order valence-electron chi connectivity index (χ0n) is 9.59. The number of aromatic hydroxyl groups is 2. The second-order valence-corrected chi connectivity index (χ2v) is 3.70. The van der Waals surface area contributed by atoms with Crippen LogP contribution in [0.5, 0.6) is 11.5 Å². The van der Waals surface area contributed by atoms with E-state index in [4.69, 9.17) is 0 Å². The van der Waals surface area contributed by atoms with E-state index in [2.05, 4.69) is 10.4 Å². The number of hydrogen-bond donors (Lipinski definition) is 3. The van der Waals surface area contributed by atoms with E-state index < -0.39 is 0 Å². The molecular weight excluding hydrogens is 218 g/mol. The van der Waals surface area contributed by atoms with Gasteiger partial charge in [-0.05, 0) is 13.0 Å². The highest BCUT2D eigenvalue weighted by atomic mass is 16.3. The van der Waals surface area contributed by atoms with Crippen molar-refractivity contribution in [1.82, 2.24) is 9.78 Å². The van der Waals surface area contributed by atoms with Crippen LogP contribution >= 0.6 is 0 Å². The van der Waals surface area contributed by atoms with Gasteiger partial charge in [-0.3, -0.25) is 4.68 Å². The lowest BCUT2D eigenvalue weighted by Gasteiger charge is -2.06. The Morgan fingerprint density at radius 3 is 2.82 bits per heavy atom. The topological polar surface area (TPSA) is 70.3 Å². The third kappa shape index (κ3) is 2.50. The quantitative estimate of drug-likeness (QED) is 0.706. The summed E-state index contributed by atoms with van der Waals surface area (Å²) in [5.41, 5.74) is 0.635. The summed E-state index contributed by atoms with van der Waals surface area (Å²) >= 11 is 0. The van der Waals surface area contributed by atoms with E-state index in [-0.39, 0.29) is 11.5 Å². The Kier molecular flexibility index (Phi) is 3.18. The molecule has 2 rings (SSSR count). The van der Waals surface area contributed by atoms with Gasteiger partial charge >= 0.3 is 0 Å². The second kappa shape index (κ2) is 4.78. The van der Waals surface area contributed by atoms with Crippen molar-refractivity contribution in [2.75, 3.05) is 5.32 Å². The molecule has 0 aliphatic heterocycles. The summed E-state index contributed by atoms with van der Waals surface area (Å²) in [4.78, 5) is 0. The maximum absolute atomic E-state index is 9.61. The van der Waals surface area contributed by atoms with Crippen LogP contribution in [0.25, 0.3) is 0 Å². The van der Waals surface area contributed by atoms with Gasteiger partial charge in [0.05, 0.1) is 0 Å². The van der Waals surface area contributed by atoms with Gasteiger partial charge in [-0.25, -0.2) is 0 Å². The summed E-state index contributed by atoms with van der Waals surface area (Å²) in [5, 5.41) is 26.3. The van der Waals surface area contributed by atoms with Crippen LogP contribution in [0.15, 0.2) is 30.5 Å². The van der Waals surface area contributed by atoms with Crippen LogP contribution in [-0.2, 0) is 13.1 Å². The normalized spacial score (nSPS) is 10.4. The molecule has 0 radical (unpaired) electrons. The Labute approximate surface area is 99.3 Å². The molecule has 5 heteroatoms. The predicted octanol–water partition coefficient (Wildman–Crippen LogP) is 1.93. The summed E-state index contributed by atoms with van der Waals surface area (Å²) in [6.45, 7) is 3.25. The van der Waals surface area contributed by atoms with E-state index in [1.54, 1.807) is 12.1 Å². The molecule has 0 fully saturated rings. The molecule has 2 aromatic rings. The van der Waals surface area contributed by atoms with Gasteiger partial charge in [-0.2, -0.15) is 5.10 Å². The molecule has 1 heterocycles. The number of rotatable bonds is 4. The molecule has 1 aromatic heterocycles. The highest BCUT2D eigenvalue weighted by Gasteiger charge is 2.05. The number of nitrogens with zero attached hydrogens (tertiary/aromatic N) is 2. The van der Waals surface area contributed by atoms with E-state index >= 15 is 0 Å². The molecule has 0 bridgehead atoms. The van der Waals surface area contributed by atoms with Gasteiger partial charge in [0.1, 0.15) is 5.82 Å². The van der Waals surface area contributed by atoms with Crippen LogP contribution in [-0.4, -0.2) is 20.0 Å². The fourth-order valence-corrected chi connectivity index (χ4v) is 1.54. The maximum Gasteiger partial charge on any atom is 0.162 e. The number of phenols is 2. The minimum atomic E-state index is -0.108. The van der Waals surface area contributed by atoms with Gasteiger partial charge in [0.15, 0.2) is 11.5 Å². The molecule has 0 aliphatic carbocycles. The second-order valence-electron chi connectivity index (χ2n) is 3.70. The molecule has 0 atom stereocenters. The van der Waals surface area contributed by atoms with Crippen LogP contribution < -0.4 is 5.32 Å². The van der Waals surface area contributed by atoms with Gasteiger partial charge in [0.25, 0.3) is 0 Å². The highest BCUT2D eigenvalue weighted by molar-refractivity contribution is 5.46. The lowest BCUT2D eigenvalue weighted by molar-refractivity contribution is 0.400. The van der Waals surface area contributed by atoms with E-state index in [1.807, 2.05) is 23.9 Å². The van der Waals surface area contributed by atoms with Crippen molar-refractivity contribution in [1.29, 1.82) is 0 Å². The van der Waals surface area contributed by atoms with Crippen molar-refractivity contribution in [2.45, 2.75) is 20.0 Å². The lowest BCUT2D eigenvalue weighted by atomic mass is 10.2. The Bertz CT molecular complexity index is 508. The largest absolute Gasteiger partial charge is 0.504 e. The molecule has 90 valence electrons. The van der Waals surface area contributed by atoms with Crippen LogP contribution in [0.1, 0.15) is 12.5 Å². The predicted molar refractivity (Wildman–Crippen MR) is 65.0 cm³/mol. The number of para-hydroxylation sites is 1. The molecule has 0 amide bonds. The maximum atomic E-state index is 9.61. The van der Waals surface area contributed by atoms with E-state index in [1.165, 1.54) is 6.07 Å². The van der Waals surface area contributed by atoms with Crippen LogP contribution in [0, 0.1) is 0 Å². The third-order valence-corrected chi connectivity index (χ3v) is 2.52. The van der Waals surface area contributed by atoms with Crippen molar-refractivity contribution in [3.8, 4) is 11.5 Å². The molecule has 0 spiro atoms. The number of benzene rings is 1. The number of hydrogen-bond acceptors (Lipinski definition) is 4. The summed E-state index contributed by atoms with van der Waals surface area (Å²) < 4.78 is 1.81. The van der Waals surface area contributed by atoms with Crippen molar-refractivity contribution in [3.63, 3.8) is 0 Å². The van der Waals surface area contributed by atoms with Crippen molar-refractivity contribution in [3.05, 3.63) is 36.0 Å². The molecule has 3 N–H and O–H groups in total. The average molecular weight is 233 g/mol. The highest BCUT2D eigenvalue weighted by Crippen LogP contribution is 2.28. The summed E-state index contributed by atoms with van der Waals surface area (Å²) in [5.74, 6) is 0.549. The number of aromatic nitrogens is 2.